The van der Waals surface area contributed by atoms with Crippen molar-refractivity contribution in [1.29, 1.82) is 0 Å². The molecule has 1 heterocycles. The second kappa shape index (κ2) is 5.48. The lowest BCUT2D eigenvalue weighted by molar-refractivity contribution is 0.0427. The minimum absolute atomic E-state index is 0.0718. The second-order valence-electron chi connectivity index (χ2n) is 5.48. The van der Waals surface area contributed by atoms with Crippen LogP contribution in [0.5, 0.6) is 0 Å². The molecule has 2 rings (SSSR count). The second-order valence-corrected chi connectivity index (χ2v) is 5.48. The number of rotatable bonds is 2. The number of hydrogen-bond acceptors (Lipinski definition) is 3. The Hall–Kier alpha value is -0.120. The number of hydrogen-bond donors (Lipinski definition) is 1. The van der Waals surface area contributed by atoms with Crippen molar-refractivity contribution in [2.24, 2.45) is 0 Å². The zero-order valence-electron chi connectivity index (χ0n) is 10.7. The van der Waals surface area contributed by atoms with Gasteiger partial charge in [0.15, 0.2) is 0 Å². The van der Waals surface area contributed by atoms with E-state index < -0.39 is 0 Å². The third-order valence-electron chi connectivity index (χ3n) is 4.29. The molecule has 0 aromatic rings. The van der Waals surface area contributed by atoms with Crippen LogP contribution in [0, 0.1) is 0 Å². The van der Waals surface area contributed by atoms with Crippen molar-refractivity contribution in [3.8, 4) is 0 Å². The summed E-state index contributed by atoms with van der Waals surface area (Å²) in [5.74, 6) is 0. The van der Waals surface area contributed by atoms with Crippen molar-refractivity contribution in [3.63, 3.8) is 0 Å². The molecule has 0 radical (unpaired) electrons. The predicted molar refractivity (Wildman–Crippen MR) is 66.5 cm³/mol. The molecule has 1 saturated carbocycles. The first-order valence-electron chi connectivity index (χ1n) is 6.84. The molecule has 1 aliphatic heterocycles. The summed E-state index contributed by atoms with van der Waals surface area (Å²) in [6.07, 6.45) is 5.78. The van der Waals surface area contributed by atoms with Crippen molar-refractivity contribution in [2.75, 3.05) is 26.7 Å². The van der Waals surface area contributed by atoms with Crippen LogP contribution in [-0.2, 0) is 0 Å². The van der Waals surface area contributed by atoms with Crippen LogP contribution in [0.25, 0.3) is 0 Å². The first kappa shape index (κ1) is 12.3. The van der Waals surface area contributed by atoms with E-state index in [1.807, 2.05) is 0 Å². The first-order chi connectivity index (χ1) is 7.72. The molecule has 1 saturated heterocycles. The van der Waals surface area contributed by atoms with Crippen LogP contribution in [0.1, 0.15) is 39.0 Å². The van der Waals surface area contributed by atoms with Crippen molar-refractivity contribution in [2.45, 2.75) is 57.2 Å². The van der Waals surface area contributed by atoms with Crippen molar-refractivity contribution >= 4 is 0 Å². The zero-order valence-corrected chi connectivity index (χ0v) is 10.7. The average molecular weight is 226 g/mol. The molecule has 0 spiro atoms. The highest BCUT2D eigenvalue weighted by molar-refractivity contribution is 4.90. The number of nitrogens with zero attached hydrogens (tertiary/aromatic N) is 2. The van der Waals surface area contributed by atoms with E-state index in [9.17, 15) is 5.11 Å². The Bertz CT molecular complexity index is 222. The van der Waals surface area contributed by atoms with Gasteiger partial charge in [-0.15, -0.1) is 0 Å². The lowest BCUT2D eigenvalue weighted by atomic mass is 10.1. The molecule has 3 nitrogen and oxygen atoms in total. The van der Waals surface area contributed by atoms with Crippen LogP contribution >= 0.6 is 0 Å². The van der Waals surface area contributed by atoms with Crippen LogP contribution in [-0.4, -0.2) is 59.8 Å². The summed E-state index contributed by atoms with van der Waals surface area (Å²) >= 11 is 0. The molecule has 1 N–H and O–H groups in total. The Morgan fingerprint density at radius 1 is 1.19 bits per heavy atom. The largest absolute Gasteiger partial charge is 0.391 e. The first-order valence-corrected chi connectivity index (χ1v) is 6.84. The summed E-state index contributed by atoms with van der Waals surface area (Å²) < 4.78 is 0. The van der Waals surface area contributed by atoms with Crippen LogP contribution in [0.3, 0.4) is 0 Å². The van der Waals surface area contributed by atoms with Gasteiger partial charge in [-0.05, 0) is 45.7 Å². The molecule has 94 valence electrons. The zero-order chi connectivity index (χ0) is 11.5. The number of aliphatic hydroxyl groups excluding tert-OH is 1. The summed E-state index contributed by atoms with van der Waals surface area (Å²) in [6.45, 7) is 5.82. The van der Waals surface area contributed by atoms with Crippen LogP contribution in [0.2, 0.25) is 0 Å². The van der Waals surface area contributed by atoms with Crippen LogP contribution in [0.4, 0.5) is 0 Å². The van der Waals surface area contributed by atoms with Crippen molar-refractivity contribution in [3.05, 3.63) is 0 Å². The Balaban J connectivity index is 2.04. The molecule has 3 heteroatoms. The average Bonchev–Trinajstić information content (AvgIpc) is 2.58. The molecule has 3 atom stereocenters. The summed E-state index contributed by atoms with van der Waals surface area (Å²) in [7, 11) is 2.22. The van der Waals surface area contributed by atoms with Gasteiger partial charge in [0, 0.05) is 25.2 Å². The summed E-state index contributed by atoms with van der Waals surface area (Å²) in [4.78, 5) is 5.04. The molecule has 2 fully saturated rings. The van der Waals surface area contributed by atoms with E-state index in [1.165, 1.54) is 45.3 Å². The molecule has 0 aromatic carbocycles. The lowest BCUT2D eigenvalue weighted by Crippen LogP contribution is -2.48. The van der Waals surface area contributed by atoms with E-state index in [0.717, 1.165) is 6.42 Å². The quantitative estimate of drug-likeness (QED) is 0.769. The highest BCUT2D eigenvalue weighted by atomic mass is 16.3. The molecule has 0 bridgehead atoms. The molecule has 1 unspecified atom stereocenters. The smallest absolute Gasteiger partial charge is 0.0695 e. The maximum absolute atomic E-state index is 10.1. The Labute approximate surface area is 99.4 Å². The van der Waals surface area contributed by atoms with E-state index in [2.05, 4.69) is 23.8 Å². The Kier molecular flexibility index (Phi) is 4.22. The predicted octanol–water partition coefficient (Wildman–Crippen LogP) is 1.32. The normalized spacial score (nSPS) is 38.8. The van der Waals surface area contributed by atoms with Crippen LogP contribution in [0.15, 0.2) is 0 Å². The Morgan fingerprint density at radius 2 is 2.00 bits per heavy atom. The fourth-order valence-electron chi connectivity index (χ4n) is 3.37. The van der Waals surface area contributed by atoms with E-state index >= 15 is 0 Å². The number of likely N-dealkylation sites (N-methyl/N-ethyl adjacent to an activating group) is 1. The van der Waals surface area contributed by atoms with Gasteiger partial charge in [-0.2, -0.15) is 0 Å². The van der Waals surface area contributed by atoms with Gasteiger partial charge in [0.05, 0.1) is 6.10 Å². The standard InChI is InChI=1S/C13H26N2O/c1-3-11-10-14(2)8-5-9-15(11)12-6-4-7-13(12)16/h11-13,16H,3-10H2,1-2H3/t11?,12-,13-/m1/s1. The summed E-state index contributed by atoms with van der Waals surface area (Å²) in [6, 6.07) is 1.08. The molecule has 16 heavy (non-hydrogen) atoms. The van der Waals surface area contributed by atoms with E-state index in [0.29, 0.717) is 12.1 Å². The molecule has 1 aliphatic carbocycles. The lowest BCUT2D eigenvalue weighted by Gasteiger charge is -2.36. The van der Waals surface area contributed by atoms with Gasteiger partial charge in [-0.3, -0.25) is 4.90 Å². The minimum Gasteiger partial charge on any atom is -0.391 e. The van der Waals surface area contributed by atoms with Gasteiger partial charge in [-0.25, -0.2) is 0 Å². The van der Waals surface area contributed by atoms with E-state index in [-0.39, 0.29) is 6.10 Å². The fraction of sp³-hybridized carbons (Fsp3) is 1.00. The van der Waals surface area contributed by atoms with E-state index in [4.69, 9.17) is 0 Å². The van der Waals surface area contributed by atoms with Gasteiger partial charge in [0.1, 0.15) is 0 Å². The molecule has 0 aromatic heterocycles. The highest BCUT2D eigenvalue weighted by Gasteiger charge is 2.35. The third-order valence-corrected chi connectivity index (χ3v) is 4.29. The highest BCUT2D eigenvalue weighted by Crippen LogP contribution is 2.28. The molecule has 0 amide bonds. The molecular weight excluding hydrogens is 200 g/mol. The van der Waals surface area contributed by atoms with Gasteiger partial charge < -0.3 is 10.0 Å². The minimum atomic E-state index is -0.0718. The van der Waals surface area contributed by atoms with Gasteiger partial charge in [0.2, 0.25) is 0 Å². The summed E-state index contributed by atoms with van der Waals surface area (Å²) in [5.41, 5.74) is 0. The topological polar surface area (TPSA) is 26.7 Å². The number of aliphatic hydroxyl groups is 1. The third kappa shape index (κ3) is 2.58. The maximum Gasteiger partial charge on any atom is 0.0695 e. The maximum atomic E-state index is 10.1. The SMILES string of the molecule is CCC1CN(C)CCCN1[C@@H]1CCC[C@H]1O. The molecular formula is C13H26N2O. The Morgan fingerprint density at radius 3 is 2.62 bits per heavy atom. The fourth-order valence-corrected chi connectivity index (χ4v) is 3.37. The van der Waals surface area contributed by atoms with Crippen LogP contribution < -0.4 is 0 Å². The van der Waals surface area contributed by atoms with Crippen molar-refractivity contribution < 1.29 is 5.11 Å². The van der Waals surface area contributed by atoms with E-state index in [1.54, 1.807) is 0 Å². The monoisotopic (exact) mass is 226 g/mol. The summed E-state index contributed by atoms with van der Waals surface area (Å²) in [5, 5.41) is 10.1. The van der Waals surface area contributed by atoms with Gasteiger partial charge in [-0.1, -0.05) is 6.92 Å². The van der Waals surface area contributed by atoms with Crippen molar-refractivity contribution in [1.82, 2.24) is 9.80 Å². The molecule has 2 aliphatic rings. The van der Waals surface area contributed by atoms with Gasteiger partial charge in [0.25, 0.3) is 0 Å². The van der Waals surface area contributed by atoms with Gasteiger partial charge >= 0.3 is 0 Å².